The van der Waals surface area contributed by atoms with Crippen LogP contribution in [0.5, 0.6) is 5.75 Å². The van der Waals surface area contributed by atoms with Crippen molar-refractivity contribution in [3.63, 3.8) is 0 Å². The van der Waals surface area contributed by atoms with E-state index in [0.717, 1.165) is 11.3 Å². The summed E-state index contributed by atoms with van der Waals surface area (Å²) in [5.74, 6) is 3.05. The zero-order valence-electron chi connectivity index (χ0n) is 13.6. The number of aromatic nitrogens is 4. The van der Waals surface area contributed by atoms with Gasteiger partial charge in [0.1, 0.15) is 5.75 Å². The van der Waals surface area contributed by atoms with Gasteiger partial charge in [0.05, 0.1) is 24.6 Å². The minimum absolute atomic E-state index is 0.564. The standard InChI is InChI=1S/C17H13ClN4O3S/c1-23-13-5-4-10(18)7-12(13)16-19-17(21-20-16)26-9-11-8-15(25-22-11)14-3-2-6-24-14/h2-8H,9H2,1H3,(H,19,20,21). The van der Waals surface area contributed by atoms with Crippen LogP contribution in [0, 0.1) is 0 Å². The summed E-state index contributed by atoms with van der Waals surface area (Å²) in [5, 5.41) is 12.3. The van der Waals surface area contributed by atoms with E-state index in [0.29, 0.717) is 39.0 Å². The SMILES string of the molecule is COc1ccc(Cl)cc1-c1nc(SCc2cc(-c3ccco3)on2)n[nH]1. The second-order valence-electron chi connectivity index (χ2n) is 5.26. The molecule has 4 rings (SSSR count). The maximum absolute atomic E-state index is 6.07. The van der Waals surface area contributed by atoms with Gasteiger partial charge in [0.2, 0.25) is 10.9 Å². The maximum atomic E-state index is 6.07. The number of aromatic amines is 1. The number of thioether (sulfide) groups is 1. The van der Waals surface area contributed by atoms with Crippen molar-refractivity contribution in [2.24, 2.45) is 0 Å². The number of hydrogen-bond acceptors (Lipinski definition) is 7. The Labute approximate surface area is 157 Å². The number of methoxy groups -OCH3 is 1. The summed E-state index contributed by atoms with van der Waals surface area (Å²) in [6, 6.07) is 10.8. The predicted molar refractivity (Wildman–Crippen MR) is 97.1 cm³/mol. The monoisotopic (exact) mass is 388 g/mol. The van der Waals surface area contributed by atoms with Crippen LogP contribution in [0.25, 0.3) is 22.9 Å². The molecule has 0 unspecified atom stereocenters. The third-order valence-electron chi connectivity index (χ3n) is 3.55. The Kier molecular flexibility index (Phi) is 4.68. The molecule has 0 aliphatic carbocycles. The molecule has 0 radical (unpaired) electrons. The Morgan fingerprint density at radius 3 is 2.96 bits per heavy atom. The Morgan fingerprint density at radius 1 is 1.23 bits per heavy atom. The number of rotatable bonds is 6. The summed E-state index contributed by atoms with van der Waals surface area (Å²) >= 11 is 7.50. The summed E-state index contributed by atoms with van der Waals surface area (Å²) in [6.45, 7) is 0. The van der Waals surface area contributed by atoms with Crippen LogP contribution in [0.15, 0.2) is 56.8 Å². The second kappa shape index (κ2) is 7.27. The van der Waals surface area contributed by atoms with E-state index in [9.17, 15) is 0 Å². The van der Waals surface area contributed by atoms with Gasteiger partial charge in [-0.15, -0.1) is 5.10 Å². The molecular formula is C17H13ClN4O3S. The van der Waals surface area contributed by atoms with E-state index >= 15 is 0 Å². The first kappa shape index (κ1) is 16.7. The molecule has 26 heavy (non-hydrogen) atoms. The molecule has 0 spiro atoms. The lowest BCUT2D eigenvalue weighted by molar-refractivity contribution is 0.413. The number of furan rings is 1. The highest BCUT2D eigenvalue weighted by Crippen LogP contribution is 2.31. The number of ether oxygens (including phenoxy) is 1. The van der Waals surface area contributed by atoms with E-state index in [1.165, 1.54) is 11.8 Å². The van der Waals surface area contributed by atoms with Gasteiger partial charge in [0, 0.05) is 16.8 Å². The second-order valence-corrected chi connectivity index (χ2v) is 6.64. The van der Waals surface area contributed by atoms with Crippen LogP contribution in [0.1, 0.15) is 5.69 Å². The number of H-pyrrole nitrogens is 1. The lowest BCUT2D eigenvalue weighted by Crippen LogP contribution is -1.89. The molecule has 0 aliphatic rings. The lowest BCUT2D eigenvalue weighted by Gasteiger charge is -2.05. The molecule has 9 heteroatoms. The van der Waals surface area contributed by atoms with Gasteiger partial charge in [0.25, 0.3) is 0 Å². The van der Waals surface area contributed by atoms with Crippen molar-refractivity contribution in [1.29, 1.82) is 0 Å². The van der Waals surface area contributed by atoms with Gasteiger partial charge in [-0.1, -0.05) is 28.5 Å². The number of nitrogens with one attached hydrogen (secondary N) is 1. The van der Waals surface area contributed by atoms with Gasteiger partial charge in [-0.2, -0.15) is 0 Å². The van der Waals surface area contributed by atoms with Gasteiger partial charge in [0.15, 0.2) is 11.6 Å². The highest BCUT2D eigenvalue weighted by molar-refractivity contribution is 7.98. The molecular weight excluding hydrogens is 376 g/mol. The van der Waals surface area contributed by atoms with Crippen molar-refractivity contribution in [2.75, 3.05) is 7.11 Å². The first-order valence-electron chi connectivity index (χ1n) is 7.61. The smallest absolute Gasteiger partial charge is 0.209 e. The van der Waals surface area contributed by atoms with E-state index in [-0.39, 0.29) is 0 Å². The molecule has 0 saturated heterocycles. The van der Waals surface area contributed by atoms with E-state index in [4.69, 9.17) is 25.3 Å². The van der Waals surface area contributed by atoms with Crippen molar-refractivity contribution >= 4 is 23.4 Å². The van der Waals surface area contributed by atoms with Crippen molar-refractivity contribution in [3.8, 4) is 28.7 Å². The van der Waals surface area contributed by atoms with Gasteiger partial charge >= 0.3 is 0 Å². The Hall–Kier alpha value is -2.71. The zero-order valence-corrected chi connectivity index (χ0v) is 15.2. The van der Waals surface area contributed by atoms with E-state index in [1.54, 1.807) is 37.6 Å². The lowest BCUT2D eigenvalue weighted by atomic mass is 10.2. The summed E-state index contributed by atoms with van der Waals surface area (Å²) in [6.07, 6.45) is 1.59. The number of nitrogens with zero attached hydrogens (tertiary/aromatic N) is 3. The molecule has 0 atom stereocenters. The molecule has 0 aliphatic heterocycles. The molecule has 3 aromatic heterocycles. The average molecular weight is 389 g/mol. The van der Waals surface area contributed by atoms with E-state index < -0.39 is 0 Å². The van der Waals surface area contributed by atoms with Crippen LogP contribution >= 0.6 is 23.4 Å². The van der Waals surface area contributed by atoms with E-state index in [1.807, 2.05) is 12.1 Å². The topological polar surface area (TPSA) is 90.0 Å². The van der Waals surface area contributed by atoms with Gasteiger partial charge in [-0.25, -0.2) is 4.98 Å². The number of halogens is 1. The third-order valence-corrected chi connectivity index (χ3v) is 4.67. The van der Waals surface area contributed by atoms with Crippen LogP contribution in [0.4, 0.5) is 0 Å². The Bertz CT molecular complexity index is 1010. The average Bonchev–Trinajstić information content (AvgIpc) is 3.40. The molecule has 7 nitrogen and oxygen atoms in total. The largest absolute Gasteiger partial charge is 0.496 e. The number of benzene rings is 1. The van der Waals surface area contributed by atoms with Crippen LogP contribution < -0.4 is 4.74 Å². The number of hydrogen-bond donors (Lipinski definition) is 1. The fourth-order valence-corrected chi connectivity index (χ4v) is 3.20. The highest BCUT2D eigenvalue weighted by Gasteiger charge is 2.14. The highest BCUT2D eigenvalue weighted by atomic mass is 35.5. The molecule has 0 amide bonds. The summed E-state index contributed by atoms with van der Waals surface area (Å²) < 4.78 is 15.9. The summed E-state index contributed by atoms with van der Waals surface area (Å²) in [7, 11) is 1.60. The minimum Gasteiger partial charge on any atom is -0.496 e. The maximum Gasteiger partial charge on any atom is 0.209 e. The third kappa shape index (κ3) is 3.47. The van der Waals surface area contributed by atoms with Gasteiger partial charge in [-0.3, -0.25) is 5.10 Å². The summed E-state index contributed by atoms with van der Waals surface area (Å²) in [4.78, 5) is 4.48. The quantitative estimate of drug-likeness (QED) is 0.480. The molecule has 4 aromatic rings. The Morgan fingerprint density at radius 2 is 2.15 bits per heavy atom. The first-order chi connectivity index (χ1) is 12.7. The van der Waals surface area contributed by atoms with Crippen LogP contribution in [0.2, 0.25) is 5.02 Å². The molecule has 0 fully saturated rings. The fraction of sp³-hybridized carbons (Fsp3) is 0.118. The summed E-state index contributed by atoms with van der Waals surface area (Å²) in [5.41, 5.74) is 1.52. The Balaban J connectivity index is 1.47. The predicted octanol–water partition coefficient (Wildman–Crippen LogP) is 4.67. The van der Waals surface area contributed by atoms with Crippen LogP contribution in [-0.4, -0.2) is 27.4 Å². The van der Waals surface area contributed by atoms with Crippen molar-refractivity contribution in [1.82, 2.24) is 20.3 Å². The van der Waals surface area contributed by atoms with Crippen molar-refractivity contribution in [3.05, 3.63) is 53.4 Å². The van der Waals surface area contributed by atoms with Crippen LogP contribution in [-0.2, 0) is 5.75 Å². The van der Waals surface area contributed by atoms with Gasteiger partial charge < -0.3 is 13.7 Å². The molecule has 1 aromatic carbocycles. The van der Waals surface area contributed by atoms with Crippen LogP contribution in [0.3, 0.4) is 0 Å². The zero-order chi connectivity index (χ0) is 17.9. The molecule has 0 bridgehead atoms. The minimum atomic E-state index is 0.564. The molecule has 0 saturated carbocycles. The first-order valence-corrected chi connectivity index (χ1v) is 8.98. The normalized spacial score (nSPS) is 11.0. The molecule has 3 heterocycles. The van der Waals surface area contributed by atoms with Crippen molar-refractivity contribution in [2.45, 2.75) is 10.9 Å². The molecule has 1 N–H and O–H groups in total. The van der Waals surface area contributed by atoms with Gasteiger partial charge in [-0.05, 0) is 30.3 Å². The van der Waals surface area contributed by atoms with E-state index in [2.05, 4.69) is 20.3 Å². The molecule has 132 valence electrons. The van der Waals surface area contributed by atoms with Crippen molar-refractivity contribution < 1.29 is 13.7 Å². The fourth-order valence-electron chi connectivity index (χ4n) is 2.35.